The third-order valence-corrected chi connectivity index (χ3v) is 3.94. The van der Waals surface area contributed by atoms with E-state index in [1.54, 1.807) is 44.2 Å². The van der Waals surface area contributed by atoms with Crippen molar-refractivity contribution < 1.29 is 13.2 Å². The summed E-state index contributed by atoms with van der Waals surface area (Å²) in [5.74, 6) is -0.232. The van der Waals surface area contributed by atoms with Crippen LogP contribution in [-0.2, 0) is 10.0 Å². The Morgan fingerprint density at radius 3 is 2.31 bits per heavy atom. The summed E-state index contributed by atoms with van der Waals surface area (Å²) in [6.07, 6.45) is 0. The average molecular weight is 241 g/mol. The van der Waals surface area contributed by atoms with Crippen LogP contribution in [0.5, 0.6) is 0 Å². The summed E-state index contributed by atoms with van der Waals surface area (Å²) in [7, 11) is -3.37. The first kappa shape index (κ1) is 12.9. The molecule has 0 radical (unpaired) electrons. The zero-order chi connectivity index (χ0) is 12.2. The van der Waals surface area contributed by atoms with Crippen molar-refractivity contribution in [2.75, 3.05) is 6.54 Å². The second-order valence-corrected chi connectivity index (χ2v) is 6.03. The Balaban J connectivity index is 2.62. The van der Waals surface area contributed by atoms with E-state index in [1.807, 2.05) is 0 Å². The summed E-state index contributed by atoms with van der Waals surface area (Å²) in [4.78, 5) is 11.6. The molecule has 0 unspecified atom stereocenters. The van der Waals surface area contributed by atoms with Gasteiger partial charge in [0.15, 0.2) is 5.78 Å². The molecule has 0 spiro atoms. The van der Waals surface area contributed by atoms with Gasteiger partial charge in [-0.25, -0.2) is 13.1 Å². The summed E-state index contributed by atoms with van der Waals surface area (Å²) < 4.78 is 25.1. The van der Waals surface area contributed by atoms with Gasteiger partial charge in [-0.2, -0.15) is 0 Å². The molecule has 16 heavy (non-hydrogen) atoms. The minimum atomic E-state index is -3.37. The van der Waals surface area contributed by atoms with E-state index in [0.29, 0.717) is 5.56 Å². The van der Waals surface area contributed by atoms with Gasteiger partial charge in [-0.05, 0) is 13.8 Å². The van der Waals surface area contributed by atoms with Crippen LogP contribution in [0.2, 0.25) is 0 Å². The second kappa shape index (κ2) is 5.23. The zero-order valence-corrected chi connectivity index (χ0v) is 10.1. The van der Waals surface area contributed by atoms with Gasteiger partial charge in [0.2, 0.25) is 10.0 Å². The first-order chi connectivity index (χ1) is 7.43. The molecule has 1 N–H and O–H groups in total. The third-order valence-electron chi connectivity index (χ3n) is 2.15. The van der Waals surface area contributed by atoms with Crippen LogP contribution in [0.1, 0.15) is 24.2 Å². The fraction of sp³-hybridized carbons (Fsp3) is 0.364. The number of hydrogen-bond acceptors (Lipinski definition) is 3. The Morgan fingerprint density at radius 1 is 1.25 bits per heavy atom. The van der Waals surface area contributed by atoms with Crippen molar-refractivity contribution in [3.8, 4) is 0 Å². The highest BCUT2D eigenvalue weighted by Gasteiger charge is 2.16. The lowest BCUT2D eigenvalue weighted by molar-refractivity contribution is 0.0997. The molecule has 0 aliphatic heterocycles. The standard InChI is InChI=1S/C11H15NO3S/c1-9(2)16(14,15)12-8-11(13)10-6-4-3-5-7-10/h3-7,9,12H,8H2,1-2H3. The number of hydrogen-bond donors (Lipinski definition) is 1. The van der Waals surface area contributed by atoms with Crippen LogP contribution in [0.15, 0.2) is 30.3 Å². The summed E-state index contributed by atoms with van der Waals surface area (Å²) >= 11 is 0. The Labute approximate surface area is 95.7 Å². The first-order valence-electron chi connectivity index (χ1n) is 5.00. The van der Waals surface area contributed by atoms with Crippen LogP contribution in [0.4, 0.5) is 0 Å². The van der Waals surface area contributed by atoms with Crippen molar-refractivity contribution in [1.82, 2.24) is 4.72 Å². The topological polar surface area (TPSA) is 63.2 Å². The molecular weight excluding hydrogens is 226 g/mol. The molecule has 0 aliphatic carbocycles. The minimum absolute atomic E-state index is 0.190. The highest BCUT2D eigenvalue weighted by atomic mass is 32.2. The molecule has 1 rings (SSSR count). The molecule has 0 atom stereocenters. The van der Waals surface area contributed by atoms with E-state index in [0.717, 1.165) is 0 Å². The van der Waals surface area contributed by atoms with E-state index in [4.69, 9.17) is 0 Å². The molecule has 88 valence electrons. The molecule has 0 saturated carbocycles. The van der Waals surface area contributed by atoms with Gasteiger partial charge in [-0.1, -0.05) is 30.3 Å². The number of ketones is 1. The van der Waals surface area contributed by atoms with Crippen LogP contribution in [0.3, 0.4) is 0 Å². The Bertz CT molecular complexity index is 451. The van der Waals surface area contributed by atoms with E-state index < -0.39 is 15.3 Å². The third kappa shape index (κ3) is 3.43. The van der Waals surface area contributed by atoms with E-state index in [9.17, 15) is 13.2 Å². The Morgan fingerprint density at radius 2 is 1.81 bits per heavy atom. The summed E-state index contributed by atoms with van der Waals surface area (Å²) in [5, 5.41) is -0.531. The number of sulfonamides is 1. The predicted molar refractivity (Wildman–Crippen MR) is 62.8 cm³/mol. The molecule has 1 aromatic rings. The monoisotopic (exact) mass is 241 g/mol. The lowest BCUT2D eigenvalue weighted by atomic mass is 10.1. The number of benzene rings is 1. The summed E-state index contributed by atoms with van der Waals surface area (Å²) in [5.41, 5.74) is 0.508. The van der Waals surface area contributed by atoms with Crippen molar-refractivity contribution in [1.29, 1.82) is 0 Å². The Hall–Kier alpha value is -1.20. The summed E-state index contributed by atoms with van der Waals surface area (Å²) in [6, 6.07) is 8.60. The second-order valence-electron chi connectivity index (χ2n) is 3.70. The average Bonchev–Trinajstić information content (AvgIpc) is 2.27. The maximum absolute atomic E-state index is 11.6. The number of nitrogens with one attached hydrogen (secondary N) is 1. The number of Topliss-reactive ketones (excluding diaryl/α,β-unsaturated/α-hetero) is 1. The molecule has 5 heteroatoms. The maximum Gasteiger partial charge on any atom is 0.214 e. The van der Waals surface area contributed by atoms with Gasteiger partial charge >= 0.3 is 0 Å². The van der Waals surface area contributed by atoms with Crippen LogP contribution in [-0.4, -0.2) is 26.0 Å². The maximum atomic E-state index is 11.6. The van der Waals surface area contributed by atoms with Crippen molar-refractivity contribution in [3.05, 3.63) is 35.9 Å². The SMILES string of the molecule is CC(C)S(=O)(=O)NCC(=O)c1ccccc1. The largest absolute Gasteiger partial charge is 0.293 e. The molecule has 0 heterocycles. The zero-order valence-electron chi connectivity index (χ0n) is 9.30. The highest BCUT2D eigenvalue weighted by Crippen LogP contribution is 2.01. The molecule has 0 saturated heterocycles. The molecular formula is C11H15NO3S. The van der Waals surface area contributed by atoms with Gasteiger partial charge in [0.05, 0.1) is 11.8 Å². The van der Waals surface area contributed by atoms with E-state index >= 15 is 0 Å². The fourth-order valence-corrected chi connectivity index (χ4v) is 1.72. The van der Waals surface area contributed by atoms with E-state index in [-0.39, 0.29) is 12.3 Å². The molecule has 0 aliphatic rings. The first-order valence-corrected chi connectivity index (χ1v) is 6.55. The minimum Gasteiger partial charge on any atom is -0.293 e. The molecule has 4 nitrogen and oxygen atoms in total. The quantitative estimate of drug-likeness (QED) is 0.788. The highest BCUT2D eigenvalue weighted by molar-refractivity contribution is 7.90. The lowest BCUT2D eigenvalue weighted by Gasteiger charge is -2.08. The smallest absolute Gasteiger partial charge is 0.214 e. The van der Waals surface area contributed by atoms with Gasteiger partial charge in [0.25, 0.3) is 0 Å². The number of carbonyl (C=O) groups excluding carboxylic acids is 1. The lowest BCUT2D eigenvalue weighted by Crippen LogP contribution is -2.34. The van der Waals surface area contributed by atoms with Crippen molar-refractivity contribution in [3.63, 3.8) is 0 Å². The van der Waals surface area contributed by atoms with Crippen molar-refractivity contribution in [2.24, 2.45) is 0 Å². The van der Waals surface area contributed by atoms with Gasteiger partial charge < -0.3 is 0 Å². The van der Waals surface area contributed by atoms with Crippen LogP contribution < -0.4 is 4.72 Å². The van der Waals surface area contributed by atoms with Crippen molar-refractivity contribution >= 4 is 15.8 Å². The van der Waals surface area contributed by atoms with Gasteiger partial charge in [-0.3, -0.25) is 4.79 Å². The normalized spacial score (nSPS) is 11.7. The predicted octanol–water partition coefficient (Wildman–Crippen LogP) is 1.20. The summed E-state index contributed by atoms with van der Waals surface area (Å²) in [6.45, 7) is 2.94. The van der Waals surface area contributed by atoms with Gasteiger partial charge in [0.1, 0.15) is 0 Å². The van der Waals surface area contributed by atoms with E-state index in [2.05, 4.69) is 4.72 Å². The molecule has 0 bridgehead atoms. The van der Waals surface area contributed by atoms with Crippen LogP contribution in [0.25, 0.3) is 0 Å². The molecule has 0 amide bonds. The molecule has 0 fully saturated rings. The van der Waals surface area contributed by atoms with Crippen LogP contribution in [0, 0.1) is 0 Å². The van der Waals surface area contributed by atoms with Gasteiger partial charge in [-0.15, -0.1) is 0 Å². The van der Waals surface area contributed by atoms with E-state index in [1.165, 1.54) is 0 Å². The molecule has 1 aromatic carbocycles. The van der Waals surface area contributed by atoms with Crippen molar-refractivity contribution in [2.45, 2.75) is 19.1 Å². The Kier molecular flexibility index (Phi) is 4.20. The number of carbonyl (C=O) groups is 1. The molecule has 0 aromatic heterocycles. The number of rotatable bonds is 5. The van der Waals surface area contributed by atoms with Gasteiger partial charge in [0, 0.05) is 5.56 Å². The van der Waals surface area contributed by atoms with Crippen LogP contribution >= 0.6 is 0 Å². The fourth-order valence-electron chi connectivity index (χ4n) is 1.06.